The summed E-state index contributed by atoms with van der Waals surface area (Å²) in [6, 6.07) is 7.47. The Hall–Kier alpha value is -1.09. The van der Waals surface area contributed by atoms with Gasteiger partial charge in [-0.05, 0) is 6.07 Å². The SMILES string of the molecule is C=Cc1ccccc1OCC(=O)CBr. The van der Waals surface area contributed by atoms with E-state index in [0.717, 1.165) is 5.56 Å². The number of hydrogen-bond acceptors (Lipinski definition) is 2. The fourth-order valence-corrected chi connectivity index (χ4v) is 1.14. The summed E-state index contributed by atoms with van der Waals surface area (Å²) < 4.78 is 5.33. The van der Waals surface area contributed by atoms with Crippen LogP contribution in [0.15, 0.2) is 30.8 Å². The normalized spacial score (nSPS) is 9.50. The number of Topliss-reactive ketones (excluding diaryl/α,β-unsaturated/α-hetero) is 1. The van der Waals surface area contributed by atoms with Gasteiger partial charge in [0.05, 0.1) is 5.33 Å². The Morgan fingerprint density at radius 3 is 2.86 bits per heavy atom. The fourth-order valence-electron chi connectivity index (χ4n) is 0.977. The standard InChI is InChI=1S/C11H11BrO2/c1-2-9-5-3-4-6-11(9)14-8-10(13)7-12/h2-6H,1,7-8H2. The monoisotopic (exact) mass is 254 g/mol. The molecule has 0 fully saturated rings. The molecule has 3 heteroatoms. The number of rotatable bonds is 5. The van der Waals surface area contributed by atoms with Gasteiger partial charge in [-0.1, -0.05) is 46.8 Å². The molecule has 0 spiro atoms. The molecule has 0 N–H and O–H groups in total. The molecular formula is C11H11BrO2. The van der Waals surface area contributed by atoms with Gasteiger partial charge < -0.3 is 4.74 Å². The lowest BCUT2D eigenvalue weighted by atomic mass is 10.2. The zero-order valence-electron chi connectivity index (χ0n) is 7.70. The van der Waals surface area contributed by atoms with E-state index in [1.165, 1.54) is 0 Å². The van der Waals surface area contributed by atoms with Gasteiger partial charge in [0.15, 0.2) is 5.78 Å². The number of hydrogen-bond donors (Lipinski definition) is 0. The van der Waals surface area contributed by atoms with Crippen molar-refractivity contribution in [3.63, 3.8) is 0 Å². The van der Waals surface area contributed by atoms with E-state index >= 15 is 0 Å². The van der Waals surface area contributed by atoms with E-state index in [0.29, 0.717) is 11.1 Å². The molecule has 1 aromatic rings. The number of ether oxygens (including phenoxy) is 1. The number of ketones is 1. The minimum atomic E-state index is 0.0175. The van der Waals surface area contributed by atoms with Crippen LogP contribution in [0.5, 0.6) is 5.75 Å². The molecule has 14 heavy (non-hydrogen) atoms. The summed E-state index contributed by atoms with van der Waals surface area (Å²) >= 11 is 3.07. The Balaban J connectivity index is 2.66. The van der Waals surface area contributed by atoms with E-state index in [2.05, 4.69) is 22.5 Å². The minimum Gasteiger partial charge on any atom is -0.485 e. The van der Waals surface area contributed by atoms with Crippen LogP contribution in [0.2, 0.25) is 0 Å². The Bertz CT molecular complexity index is 334. The summed E-state index contributed by atoms with van der Waals surface area (Å²) in [5, 5.41) is 0.323. The maximum absolute atomic E-state index is 11.0. The molecule has 0 bridgehead atoms. The van der Waals surface area contributed by atoms with E-state index in [9.17, 15) is 4.79 Å². The van der Waals surface area contributed by atoms with Crippen LogP contribution < -0.4 is 4.74 Å². The average Bonchev–Trinajstić information content (AvgIpc) is 2.26. The van der Waals surface area contributed by atoms with E-state index in [1.54, 1.807) is 6.08 Å². The molecule has 0 aliphatic carbocycles. The van der Waals surface area contributed by atoms with Crippen molar-refractivity contribution < 1.29 is 9.53 Å². The lowest BCUT2D eigenvalue weighted by Crippen LogP contribution is -2.12. The molecule has 2 nitrogen and oxygen atoms in total. The van der Waals surface area contributed by atoms with Crippen molar-refractivity contribution in [3.05, 3.63) is 36.4 Å². The molecule has 1 rings (SSSR count). The Labute approximate surface area is 91.7 Å². The van der Waals surface area contributed by atoms with E-state index in [4.69, 9.17) is 4.74 Å². The van der Waals surface area contributed by atoms with Gasteiger partial charge >= 0.3 is 0 Å². The van der Waals surface area contributed by atoms with Crippen LogP contribution in [-0.4, -0.2) is 17.7 Å². The quantitative estimate of drug-likeness (QED) is 0.756. The summed E-state index contributed by atoms with van der Waals surface area (Å²) in [4.78, 5) is 11.0. The topological polar surface area (TPSA) is 26.3 Å². The van der Waals surface area contributed by atoms with Gasteiger partial charge in [-0.2, -0.15) is 0 Å². The number of carbonyl (C=O) groups excluding carboxylic acids is 1. The van der Waals surface area contributed by atoms with Crippen molar-refractivity contribution in [3.8, 4) is 5.75 Å². The van der Waals surface area contributed by atoms with Gasteiger partial charge in [-0.15, -0.1) is 0 Å². The highest BCUT2D eigenvalue weighted by Crippen LogP contribution is 2.18. The molecule has 0 aromatic heterocycles. The molecular weight excluding hydrogens is 244 g/mol. The predicted octanol–water partition coefficient (Wildman–Crippen LogP) is 2.67. The summed E-state index contributed by atoms with van der Waals surface area (Å²) in [6.07, 6.45) is 1.70. The number of alkyl halides is 1. The third-order valence-corrected chi connectivity index (χ3v) is 2.30. The first kappa shape index (κ1) is 11.0. The van der Waals surface area contributed by atoms with E-state index in [-0.39, 0.29) is 12.4 Å². The van der Waals surface area contributed by atoms with Crippen LogP contribution in [0.4, 0.5) is 0 Å². The number of benzene rings is 1. The molecule has 0 saturated heterocycles. The minimum absolute atomic E-state index is 0.0175. The molecule has 0 aliphatic heterocycles. The van der Waals surface area contributed by atoms with Crippen LogP contribution in [-0.2, 0) is 4.79 Å². The number of para-hydroxylation sites is 1. The Morgan fingerprint density at radius 2 is 2.21 bits per heavy atom. The highest BCUT2D eigenvalue weighted by atomic mass is 79.9. The third-order valence-electron chi connectivity index (χ3n) is 1.68. The van der Waals surface area contributed by atoms with Crippen molar-refractivity contribution in [1.29, 1.82) is 0 Å². The maximum Gasteiger partial charge on any atom is 0.180 e. The predicted molar refractivity (Wildman–Crippen MR) is 60.8 cm³/mol. The van der Waals surface area contributed by atoms with Gasteiger partial charge in [-0.3, -0.25) is 4.79 Å². The Morgan fingerprint density at radius 1 is 1.50 bits per heavy atom. The number of carbonyl (C=O) groups is 1. The second-order valence-corrected chi connectivity index (χ2v) is 3.26. The van der Waals surface area contributed by atoms with Gasteiger partial charge in [0.2, 0.25) is 0 Å². The van der Waals surface area contributed by atoms with Crippen molar-refractivity contribution >= 4 is 27.8 Å². The molecule has 74 valence electrons. The van der Waals surface area contributed by atoms with E-state index < -0.39 is 0 Å². The molecule has 0 amide bonds. The van der Waals surface area contributed by atoms with Crippen molar-refractivity contribution in [2.45, 2.75) is 0 Å². The zero-order chi connectivity index (χ0) is 10.4. The third kappa shape index (κ3) is 3.00. The van der Waals surface area contributed by atoms with Gasteiger partial charge in [-0.25, -0.2) is 0 Å². The van der Waals surface area contributed by atoms with Crippen molar-refractivity contribution in [2.24, 2.45) is 0 Å². The molecule has 0 saturated carbocycles. The molecule has 0 radical (unpaired) electrons. The fraction of sp³-hybridized carbons (Fsp3) is 0.182. The maximum atomic E-state index is 11.0. The van der Waals surface area contributed by atoms with Crippen LogP contribution in [0, 0.1) is 0 Å². The van der Waals surface area contributed by atoms with Crippen LogP contribution in [0.25, 0.3) is 6.08 Å². The lowest BCUT2D eigenvalue weighted by molar-refractivity contribution is -0.118. The van der Waals surface area contributed by atoms with E-state index in [1.807, 2.05) is 24.3 Å². The van der Waals surface area contributed by atoms with Crippen LogP contribution >= 0.6 is 15.9 Å². The van der Waals surface area contributed by atoms with Gasteiger partial charge in [0.1, 0.15) is 12.4 Å². The van der Waals surface area contributed by atoms with Crippen LogP contribution in [0.1, 0.15) is 5.56 Å². The average molecular weight is 255 g/mol. The summed E-state index contributed by atoms with van der Waals surface area (Å²) in [5.74, 6) is 0.709. The molecule has 0 aliphatic rings. The largest absolute Gasteiger partial charge is 0.485 e. The second kappa shape index (κ2) is 5.60. The molecule has 1 aromatic carbocycles. The zero-order valence-corrected chi connectivity index (χ0v) is 9.29. The molecule has 0 atom stereocenters. The number of halogens is 1. The second-order valence-electron chi connectivity index (χ2n) is 2.70. The molecule has 0 heterocycles. The highest BCUT2D eigenvalue weighted by molar-refractivity contribution is 9.09. The first-order chi connectivity index (χ1) is 6.77. The first-order valence-corrected chi connectivity index (χ1v) is 5.32. The van der Waals surface area contributed by atoms with Gasteiger partial charge in [0, 0.05) is 5.56 Å². The van der Waals surface area contributed by atoms with Crippen molar-refractivity contribution in [2.75, 3.05) is 11.9 Å². The van der Waals surface area contributed by atoms with Crippen LogP contribution in [0.3, 0.4) is 0 Å². The summed E-state index contributed by atoms with van der Waals surface area (Å²) in [5.41, 5.74) is 0.898. The molecule has 0 unspecified atom stereocenters. The highest BCUT2D eigenvalue weighted by Gasteiger charge is 2.02. The first-order valence-electron chi connectivity index (χ1n) is 4.20. The smallest absolute Gasteiger partial charge is 0.180 e. The van der Waals surface area contributed by atoms with Crippen molar-refractivity contribution in [1.82, 2.24) is 0 Å². The lowest BCUT2D eigenvalue weighted by Gasteiger charge is -2.06. The van der Waals surface area contributed by atoms with Gasteiger partial charge in [0.25, 0.3) is 0 Å². The summed E-state index contributed by atoms with van der Waals surface area (Å²) in [7, 11) is 0. The summed E-state index contributed by atoms with van der Waals surface area (Å²) in [6.45, 7) is 3.76. The Kier molecular flexibility index (Phi) is 4.40.